The molecule has 7 nitrogen and oxygen atoms in total. The van der Waals surface area contributed by atoms with E-state index >= 15 is 0 Å². The number of carbonyl (C=O) groups is 1. The van der Waals surface area contributed by atoms with Crippen molar-refractivity contribution < 1.29 is 17.9 Å². The number of carbonyl (C=O) groups excluding carboxylic acids is 1. The average molecular weight is 361 g/mol. The highest BCUT2D eigenvalue weighted by molar-refractivity contribution is 7.89. The quantitative estimate of drug-likeness (QED) is 0.895. The first kappa shape index (κ1) is 17.5. The Morgan fingerprint density at radius 3 is 2.60 bits per heavy atom. The number of nitrogens with one attached hydrogen (secondary N) is 1. The van der Waals surface area contributed by atoms with Gasteiger partial charge in [-0.1, -0.05) is 12.1 Å². The van der Waals surface area contributed by atoms with Crippen molar-refractivity contribution >= 4 is 21.7 Å². The summed E-state index contributed by atoms with van der Waals surface area (Å²) in [6.45, 7) is 3.19. The molecule has 25 heavy (non-hydrogen) atoms. The molecular weight excluding hydrogens is 342 g/mol. The second-order valence-electron chi connectivity index (χ2n) is 5.66. The van der Waals surface area contributed by atoms with Crippen LogP contribution in [0.15, 0.2) is 47.4 Å². The number of nitrogens with zero attached hydrogens (tertiary/aromatic N) is 2. The highest BCUT2D eigenvalue weighted by Crippen LogP contribution is 2.19. The van der Waals surface area contributed by atoms with Gasteiger partial charge in [0.25, 0.3) is 5.91 Å². The van der Waals surface area contributed by atoms with Crippen LogP contribution in [0.3, 0.4) is 0 Å². The number of ether oxygens (including phenoxy) is 1. The molecule has 0 spiro atoms. The predicted octanol–water partition coefficient (Wildman–Crippen LogP) is 1.66. The lowest BCUT2D eigenvalue weighted by Crippen LogP contribution is -2.40. The molecule has 2 aromatic rings. The van der Waals surface area contributed by atoms with Gasteiger partial charge in [0.2, 0.25) is 10.0 Å². The number of amides is 1. The van der Waals surface area contributed by atoms with Gasteiger partial charge in [-0.3, -0.25) is 4.79 Å². The first-order chi connectivity index (χ1) is 12.0. The van der Waals surface area contributed by atoms with Crippen LogP contribution in [-0.2, 0) is 14.8 Å². The zero-order valence-corrected chi connectivity index (χ0v) is 14.6. The summed E-state index contributed by atoms with van der Waals surface area (Å²) in [6, 6.07) is 11.3. The first-order valence-corrected chi connectivity index (χ1v) is 9.34. The number of pyridine rings is 1. The van der Waals surface area contributed by atoms with E-state index in [0.29, 0.717) is 32.1 Å². The number of rotatable bonds is 4. The number of hydrogen-bond acceptors (Lipinski definition) is 5. The average Bonchev–Trinajstić information content (AvgIpc) is 2.62. The molecule has 1 saturated heterocycles. The summed E-state index contributed by atoms with van der Waals surface area (Å²) in [5, 5.41) is 2.68. The Bertz CT molecular complexity index is 877. The van der Waals surface area contributed by atoms with E-state index in [4.69, 9.17) is 4.74 Å². The molecule has 2 heterocycles. The van der Waals surface area contributed by atoms with E-state index in [9.17, 15) is 13.2 Å². The van der Waals surface area contributed by atoms with Crippen molar-refractivity contribution in [2.24, 2.45) is 0 Å². The summed E-state index contributed by atoms with van der Waals surface area (Å²) >= 11 is 0. The molecule has 1 aliphatic rings. The van der Waals surface area contributed by atoms with E-state index < -0.39 is 15.9 Å². The lowest BCUT2D eigenvalue weighted by Gasteiger charge is -2.26. The molecule has 1 aromatic heterocycles. The van der Waals surface area contributed by atoms with Crippen molar-refractivity contribution in [2.45, 2.75) is 11.8 Å². The first-order valence-electron chi connectivity index (χ1n) is 7.90. The number of benzene rings is 1. The number of morpholine rings is 1. The minimum Gasteiger partial charge on any atom is -0.379 e. The van der Waals surface area contributed by atoms with Crippen molar-refractivity contribution in [2.75, 3.05) is 31.6 Å². The lowest BCUT2D eigenvalue weighted by atomic mass is 10.2. The summed E-state index contributed by atoms with van der Waals surface area (Å²) < 4.78 is 31.9. The summed E-state index contributed by atoms with van der Waals surface area (Å²) in [5.74, 6) is 0.0172. The minimum atomic E-state index is -3.64. The standard InChI is InChI=1S/C17H19N3O4S/c1-13-4-2-7-16(18-13)19-17(21)14-5-3-6-15(12-14)25(22,23)20-8-10-24-11-9-20/h2-7,12H,8-11H2,1H3,(H,18,19,21). The monoisotopic (exact) mass is 361 g/mol. The van der Waals surface area contributed by atoms with Gasteiger partial charge in [0, 0.05) is 24.3 Å². The fourth-order valence-corrected chi connectivity index (χ4v) is 3.99. The van der Waals surface area contributed by atoms with Gasteiger partial charge in [-0.25, -0.2) is 13.4 Å². The van der Waals surface area contributed by atoms with E-state index in [0.717, 1.165) is 5.69 Å². The van der Waals surface area contributed by atoms with Crippen LogP contribution in [0, 0.1) is 6.92 Å². The Kier molecular flexibility index (Phi) is 5.12. The maximum atomic E-state index is 12.7. The largest absolute Gasteiger partial charge is 0.379 e. The summed E-state index contributed by atoms with van der Waals surface area (Å²) in [7, 11) is -3.64. The summed E-state index contributed by atoms with van der Waals surface area (Å²) in [5.41, 5.74) is 1.04. The van der Waals surface area contributed by atoms with E-state index in [1.807, 2.05) is 13.0 Å². The van der Waals surface area contributed by atoms with Crippen LogP contribution in [0.1, 0.15) is 16.1 Å². The Labute approximate surface area is 146 Å². The number of hydrogen-bond donors (Lipinski definition) is 1. The molecule has 3 rings (SSSR count). The summed E-state index contributed by atoms with van der Waals surface area (Å²) in [6.07, 6.45) is 0. The Morgan fingerprint density at radius 2 is 1.88 bits per heavy atom. The zero-order chi connectivity index (χ0) is 17.9. The number of aromatic nitrogens is 1. The minimum absolute atomic E-state index is 0.0965. The van der Waals surface area contributed by atoms with Crippen LogP contribution in [-0.4, -0.2) is 49.9 Å². The SMILES string of the molecule is Cc1cccc(NC(=O)c2cccc(S(=O)(=O)N3CCOCC3)c2)n1. The Morgan fingerprint density at radius 1 is 1.16 bits per heavy atom. The molecular formula is C17H19N3O4S. The molecule has 0 atom stereocenters. The van der Waals surface area contributed by atoms with E-state index in [1.54, 1.807) is 24.3 Å². The highest BCUT2D eigenvalue weighted by Gasteiger charge is 2.26. The topological polar surface area (TPSA) is 88.6 Å². The van der Waals surface area contributed by atoms with Crippen LogP contribution in [0.5, 0.6) is 0 Å². The van der Waals surface area contributed by atoms with Gasteiger partial charge in [-0.05, 0) is 37.3 Å². The molecule has 0 bridgehead atoms. The summed E-state index contributed by atoms with van der Waals surface area (Å²) in [4.78, 5) is 16.7. The maximum absolute atomic E-state index is 12.7. The molecule has 1 N–H and O–H groups in total. The van der Waals surface area contributed by atoms with E-state index in [2.05, 4.69) is 10.3 Å². The molecule has 0 radical (unpaired) electrons. The third-order valence-corrected chi connectivity index (χ3v) is 5.73. The van der Waals surface area contributed by atoms with E-state index in [1.165, 1.54) is 16.4 Å². The molecule has 1 amide bonds. The lowest BCUT2D eigenvalue weighted by molar-refractivity contribution is 0.0730. The van der Waals surface area contributed by atoms with Crippen LogP contribution < -0.4 is 5.32 Å². The maximum Gasteiger partial charge on any atom is 0.256 e. The number of sulfonamides is 1. The molecule has 8 heteroatoms. The second kappa shape index (κ2) is 7.30. The number of aryl methyl sites for hydroxylation is 1. The number of anilines is 1. The molecule has 1 aliphatic heterocycles. The van der Waals surface area contributed by atoms with Gasteiger partial charge in [0.05, 0.1) is 18.1 Å². The smallest absolute Gasteiger partial charge is 0.256 e. The predicted molar refractivity (Wildman–Crippen MR) is 92.9 cm³/mol. The van der Waals surface area contributed by atoms with Gasteiger partial charge in [0.15, 0.2) is 0 Å². The van der Waals surface area contributed by atoms with Gasteiger partial charge < -0.3 is 10.1 Å². The molecule has 0 aliphatic carbocycles. The van der Waals surface area contributed by atoms with Crippen LogP contribution in [0.25, 0.3) is 0 Å². The van der Waals surface area contributed by atoms with Crippen LogP contribution in [0.4, 0.5) is 5.82 Å². The molecule has 1 fully saturated rings. The van der Waals surface area contributed by atoms with E-state index in [-0.39, 0.29) is 10.5 Å². The molecule has 132 valence electrons. The Hall–Kier alpha value is -2.29. The molecule has 0 saturated carbocycles. The van der Waals surface area contributed by atoms with Crippen molar-refractivity contribution in [1.29, 1.82) is 0 Å². The second-order valence-corrected chi connectivity index (χ2v) is 7.60. The third kappa shape index (κ3) is 4.04. The fraction of sp³-hybridized carbons (Fsp3) is 0.294. The van der Waals surface area contributed by atoms with Crippen molar-refractivity contribution in [1.82, 2.24) is 9.29 Å². The normalized spacial score (nSPS) is 15.7. The van der Waals surface area contributed by atoms with Crippen LogP contribution >= 0.6 is 0 Å². The van der Waals surface area contributed by atoms with Gasteiger partial charge in [0.1, 0.15) is 5.82 Å². The Balaban J connectivity index is 1.82. The highest BCUT2D eigenvalue weighted by atomic mass is 32.2. The van der Waals surface area contributed by atoms with Crippen molar-refractivity contribution in [3.05, 3.63) is 53.7 Å². The molecule has 1 aromatic carbocycles. The van der Waals surface area contributed by atoms with Crippen LogP contribution in [0.2, 0.25) is 0 Å². The van der Waals surface area contributed by atoms with Crippen molar-refractivity contribution in [3.8, 4) is 0 Å². The van der Waals surface area contributed by atoms with Gasteiger partial charge >= 0.3 is 0 Å². The molecule has 0 unspecified atom stereocenters. The zero-order valence-electron chi connectivity index (χ0n) is 13.8. The fourth-order valence-electron chi connectivity index (χ4n) is 2.53. The van der Waals surface area contributed by atoms with Crippen molar-refractivity contribution in [3.63, 3.8) is 0 Å². The van der Waals surface area contributed by atoms with Gasteiger partial charge in [-0.15, -0.1) is 0 Å². The van der Waals surface area contributed by atoms with Gasteiger partial charge in [-0.2, -0.15) is 4.31 Å². The third-order valence-electron chi connectivity index (χ3n) is 3.83.